The lowest BCUT2D eigenvalue weighted by Gasteiger charge is -2.12. The van der Waals surface area contributed by atoms with E-state index in [-0.39, 0.29) is 24.0 Å². The van der Waals surface area contributed by atoms with Crippen LogP contribution in [0.25, 0.3) is 0 Å². The van der Waals surface area contributed by atoms with Gasteiger partial charge in [-0.15, -0.1) is 24.0 Å². The van der Waals surface area contributed by atoms with E-state index in [1.54, 1.807) is 7.05 Å². The van der Waals surface area contributed by atoms with Crippen molar-refractivity contribution in [1.82, 2.24) is 30.2 Å². The Balaban J connectivity index is 0.00000288. The highest BCUT2D eigenvalue weighted by Gasteiger charge is 2.09. The van der Waals surface area contributed by atoms with Gasteiger partial charge >= 0.3 is 0 Å². The third kappa shape index (κ3) is 5.50. The lowest BCUT2D eigenvalue weighted by Crippen LogP contribution is -2.37. The second-order valence-corrected chi connectivity index (χ2v) is 5.75. The van der Waals surface area contributed by atoms with Crippen LogP contribution in [0, 0.1) is 13.8 Å². The smallest absolute Gasteiger partial charge is 0.191 e. The third-order valence-electron chi connectivity index (χ3n) is 4.01. The standard InChI is InChI=1S/C16H27N7.HI/c1-12-15(13(2)23(5)21-12)10-19-16(17-3)18-8-6-7-14-9-20-22(4)11-14;/h9,11H,6-8,10H2,1-5H3,(H2,17,18,19);1H. The van der Waals surface area contributed by atoms with Crippen LogP contribution in [-0.4, -0.2) is 39.1 Å². The summed E-state index contributed by atoms with van der Waals surface area (Å²) >= 11 is 0. The van der Waals surface area contributed by atoms with E-state index < -0.39 is 0 Å². The van der Waals surface area contributed by atoms with Crippen LogP contribution in [-0.2, 0) is 27.1 Å². The second kappa shape index (κ2) is 9.65. The number of rotatable bonds is 6. The lowest BCUT2D eigenvalue weighted by atomic mass is 10.2. The predicted octanol–water partition coefficient (Wildman–Crippen LogP) is 1.69. The van der Waals surface area contributed by atoms with Crippen LogP contribution in [0.4, 0.5) is 0 Å². The number of nitrogens with one attached hydrogen (secondary N) is 2. The first kappa shape index (κ1) is 20.5. The summed E-state index contributed by atoms with van der Waals surface area (Å²) in [6, 6.07) is 0. The second-order valence-electron chi connectivity index (χ2n) is 5.75. The number of halogens is 1. The van der Waals surface area contributed by atoms with E-state index >= 15 is 0 Å². The van der Waals surface area contributed by atoms with E-state index in [4.69, 9.17) is 0 Å². The van der Waals surface area contributed by atoms with Gasteiger partial charge in [0, 0.05) is 51.7 Å². The quantitative estimate of drug-likeness (QED) is 0.307. The summed E-state index contributed by atoms with van der Waals surface area (Å²) in [5, 5.41) is 15.3. The lowest BCUT2D eigenvalue weighted by molar-refractivity contribution is 0.726. The Morgan fingerprint density at radius 3 is 2.54 bits per heavy atom. The molecule has 0 atom stereocenters. The molecule has 0 fully saturated rings. The molecular weight excluding hydrogens is 417 g/mol. The molecule has 0 aromatic carbocycles. The fourth-order valence-electron chi connectivity index (χ4n) is 2.57. The topological polar surface area (TPSA) is 72.1 Å². The number of guanidine groups is 1. The Labute approximate surface area is 160 Å². The van der Waals surface area contributed by atoms with Crippen molar-refractivity contribution in [3.8, 4) is 0 Å². The van der Waals surface area contributed by atoms with Crippen LogP contribution < -0.4 is 10.6 Å². The van der Waals surface area contributed by atoms with Gasteiger partial charge in [-0.2, -0.15) is 10.2 Å². The van der Waals surface area contributed by atoms with E-state index in [0.717, 1.165) is 37.6 Å². The summed E-state index contributed by atoms with van der Waals surface area (Å²) < 4.78 is 3.75. The molecular formula is C16H28IN7. The van der Waals surface area contributed by atoms with E-state index in [1.807, 2.05) is 36.6 Å². The van der Waals surface area contributed by atoms with Crippen LogP contribution in [0.2, 0.25) is 0 Å². The van der Waals surface area contributed by atoms with Crippen molar-refractivity contribution in [2.45, 2.75) is 33.2 Å². The van der Waals surface area contributed by atoms with Crippen molar-refractivity contribution < 1.29 is 0 Å². The fraction of sp³-hybridized carbons (Fsp3) is 0.562. The number of aromatic nitrogens is 4. The first-order chi connectivity index (χ1) is 11.0. The molecule has 0 amide bonds. The van der Waals surface area contributed by atoms with E-state index in [9.17, 15) is 0 Å². The Bertz CT molecular complexity index is 672. The molecule has 7 nitrogen and oxygen atoms in total. The van der Waals surface area contributed by atoms with Crippen LogP contribution in [0.1, 0.15) is 28.9 Å². The molecule has 2 N–H and O–H groups in total. The minimum Gasteiger partial charge on any atom is -0.356 e. The number of aryl methyl sites for hydroxylation is 4. The highest BCUT2D eigenvalue weighted by molar-refractivity contribution is 14.0. The summed E-state index contributed by atoms with van der Waals surface area (Å²) in [4.78, 5) is 4.27. The zero-order valence-corrected chi connectivity index (χ0v) is 17.5. The average Bonchev–Trinajstić information content (AvgIpc) is 3.03. The molecule has 8 heteroatoms. The largest absolute Gasteiger partial charge is 0.356 e. The predicted molar refractivity (Wildman–Crippen MR) is 108 cm³/mol. The van der Waals surface area contributed by atoms with Crippen LogP contribution >= 0.6 is 24.0 Å². The summed E-state index contributed by atoms with van der Waals surface area (Å²) in [5.74, 6) is 0.818. The highest BCUT2D eigenvalue weighted by atomic mass is 127. The van der Waals surface area contributed by atoms with Crippen LogP contribution in [0.3, 0.4) is 0 Å². The molecule has 2 aromatic rings. The van der Waals surface area contributed by atoms with Gasteiger partial charge in [-0.05, 0) is 32.3 Å². The minimum absolute atomic E-state index is 0. The molecule has 0 spiro atoms. The Kier molecular flexibility index (Phi) is 8.23. The van der Waals surface area contributed by atoms with Crippen LogP contribution in [0.15, 0.2) is 17.4 Å². The van der Waals surface area contributed by atoms with Gasteiger partial charge in [-0.25, -0.2) is 0 Å². The van der Waals surface area contributed by atoms with Crippen molar-refractivity contribution >= 4 is 29.9 Å². The molecule has 2 aromatic heterocycles. The van der Waals surface area contributed by atoms with Gasteiger partial charge in [0.1, 0.15) is 0 Å². The summed E-state index contributed by atoms with van der Waals surface area (Å²) in [6.07, 6.45) is 6.03. The number of hydrogen-bond acceptors (Lipinski definition) is 3. The maximum Gasteiger partial charge on any atom is 0.191 e. The summed E-state index contributed by atoms with van der Waals surface area (Å²) in [5.41, 5.74) is 4.73. The third-order valence-corrected chi connectivity index (χ3v) is 4.01. The van der Waals surface area contributed by atoms with Gasteiger partial charge in [0.2, 0.25) is 0 Å². The first-order valence-corrected chi connectivity index (χ1v) is 7.92. The summed E-state index contributed by atoms with van der Waals surface area (Å²) in [6.45, 7) is 5.72. The van der Waals surface area contributed by atoms with Gasteiger partial charge in [-0.3, -0.25) is 14.4 Å². The molecule has 2 heterocycles. The van der Waals surface area contributed by atoms with Gasteiger partial charge in [-0.1, -0.05) is 0 Å². The van der Waals surface area contributed by atoms with E-state index in [2.05, 4.69) is 38.9 Å². The molecule has 0 bridgehead atoms. The molecule has 0 aliphatic rings. The first-order valence-electron chi connectivity index (χ1n) is 7.92. The number of aliphatic imine (C=N–C) groups is 1. The average molecular weight is 445 g/mol. The molecule has 0 radical (unpaired) electrons. The van der Waals surface area contributed by atoms with E-state index in [1.165, 1.54) is 16.8 Å². The van der Waals surface area contributed by atoms with Crippen molar-refractivity contribution in [2.24, 2.45) is 19.1 Å². The highest BCUT2D eigenvalue weighted by Crippen LogP contribution is 2.10. The van der Waals surface area contributed by atoms with Crippen molar-refractivity contribution in [3.05, 3.63) is 34.9 Å². The maximum atomic E-state index is 4.43. The molecule has 0 aliphatic carbocycles. The van der Waals surface area contributed by atoms with Crippen molar-refractivity contribution in [1.29, 1.82) is 0 Å². The fourth-order valence-corrected chi connectivity index (χ4v) is 2.57. The van der Waals surface area contributed by atoms with E-state index in [0.29, 0.717) is 0 Å². The molecule has 0 saturated carbocycles. The zero-order valence-electron chi connectivity index (χ0n) is 15.1. The molecule has 0 unspecified atom stereocenters. The monoisotopic (exact) mass is 445 g/mol. The Morgan fingerprint density at radius 1 is 1.25 bits per heavy atom. The van der Waals surface area contributed by atoms with Gasteiger partial charge in [0.25, 0.3) is 0 Å². The molecule has 0 saturated heterocycles. The van der Waals surface area contributed by atoms with Crippen molar-refractivity contribution in [3.63, 3.8) is 0 Å². The minimum atomic E-state index is 0. The molecule has 2 rings (SSSR count). The zero-order chi connectivity index (χ0) is 16.8. The van der Waals surface area contributed by atoms with Crippen molar-refractivity contribution in [2.75, 3.05) is 13.6 Å². The van der Waals surface area contributed by atoms with Crippen LogP contribution in [0.5, 0.6) is 0 Å². The van der Waals surface area contributed by atoms with Gasteiger partial charge in [0.15, 0.2) is 5.96 Å². The Hall–Kier alpha value is -1.58. The Morgan fingerprint density at radius 2 is 2.00 bits per heavy atom. The normalized spacial score (nSPS) is 11.3. The number of nitrogens with zero attached hydrogens (tertiary/aromatic N) is 5. The SMILES string of the molecule is CN=C(NCCCc1cnn(C)c1)NCc1c(C)nn(C)c1C.I. The maximum absolute atomic E-state index is 4.43. The number of hydrogen-bond donors (Lipinski definition) is 2. The molecule has 134 valence electrons. The summed E-state index contributed by atoms with van der Waals surface area (Å²) in [7, 11) is 5.70. The van der Waals surface area contributed by atoms with Gasteiger partial charge < -0.3 is 10.6 Å². The van der Waals surface area contributed by atoms with Gasteiger partial charge in [0.05, 0.1) is 11.9 Å². The molecule has 0 aliphatic heterocycles. The molecule has 24 heavy (non-hydrogen) atoms.